The molecule has 0 aliphatic rings. The maximum Gasteiger partial charge on any atom is 0.186 e. The fraction of sp³-hybridized carbons (Fsp3) is 0.182. The Morgan fingerprint density at radius 3 is 2.53 bits per heavy atom. The number of benzene rings is 1. The SMILES string of the molecule is Cl.NC(N)=NCc1nnn(Cc2ccccc2)c1N. The number of hydrogen-bond acceptors (Lipinski definition) is 4. The Morgan fingerprint density at radius 1 is 1.21 bits per heavy atom. The molecule has 2 rings (SSSR count). The van der Waals surface area contributed by atoms with E-state index in [1.54, 1.807) is 4.68 Å². The highest BCUT2D eigenvalue weighted by atomic mass is 35.5. The number of nitrogens with zero attached hydrogens (tertiary/aromatic N) is 4. The maximum absolute atomic E-state index is 5.92. The van der Waals surface area contributed by atoms with E-state index in [2.05, 4.69) is 15.3 Å². The molecule has 0 radical (unpaired) electrons. The van der Waals surface area contributed by atoms with Crippen molar-refractivity contribution in [1.29, 1.82) is 0 Å². The zero-order valence-corrected chi connectivity index (χ0v) is 11.0. The first-order valence-electron chi connectivity index (χ1n) is 5.44. The average Bonchev–Trinajstić information content (AvgIpc) is 2.70. The van der Waals surface area contributed by atoms with Crippen molar-refractivity contribution in [2.45, 2.75) is 13.1 Å². The Hall–Kier alpha value is -2.28. The van der Waals surface area contributed by atoms with Crippen molar-refractivity contribution in [2.24, 2.45) is 16.5 Å². The fourth-order valence-electron chi connectivity index (χ4n) is 1.51. The smallest absolute Gasteiger partial charge is 0.186 e. The molecule has 0 amide bonds. The van der Waals surface area contributed by atoms with Gasteiger partial charge in [0.05, 0.1) is 13.1 Å². The predicted octanol–water partition coefficient (Wildman–Crippen LogP) is 0.104. The number of hydrogen-bond donors (Lipinski definition) is 3. The van der Waals surface area contributed by atoms with Gasteiger partial charge in [-0.2, -0.15) is 0 Å². The van der Waals surface area contributed by atoms with Gasteiger partial charge in [-0.1, -0.05) is 35.5 Å². The number of aromatic nitrogens is 3. The Balaban J connectivity index is 0.00000180. The second kappa shape index (κ2) is 6.60. The lowest BCUT2D eigenvalue weighted by molar-refractivity contribution is 0.657. The van der Waals surface area contributed by atoms with Crippen molar-refractivity contribution in [1.82, 2.24) is 15.0 Å². The molecule has 6 N–H and O–H groups in total. The Bertz CT molecular complexity index is 545. The first-order valence-corrected chi connectivity index (χ1v) is 5.44. The summed E-state index contributed by atoms with van der Waals surface area (Å²) in [6, 6.07) is 9.87. The second-order valence-electron chi connectivity index (χ2n) is 3.81. The molecule has 102 valence electrons. The summed E-state index contributed by atoms with van der Waals surface area (Å²) in [5.74, 6) is 0.482. The van der Waals surface area contributed by atoms with Crippen LogP contribution >= 0.6 is 12.4 Å². The summed E-state index contributed by atoms with van der Waals surface area (Å²) in [6.07, 6.45) is 0. The van der Waals surface area contributed by atoms with E-state index in [4.69, 9.17) is 17.2 Å². The summed E-state index contributed by atoms with van der Waals surface area (Å²) in [4.78, 5) is 3.85. The Morgan fingerprint density at radius 2 is 1.89 bits per heavy atom. The number of nitrogens with two attached hydrogens (primary N) is 3. The van der Waals surface area contributed by atoms with Gasteiger partial charge in [-0.05, 0) is 5.56 Å². The van der Waals surface area contributed by atoms with Gasteiger partial charge in [0.2, 0.25) is 0 Å². The van der Waals surface area contributed by atoms with E-state index in [1.165, 1.54) is 0 Å². The van der Waals surface area contributed by atoms with Crippen molar-refractivity contribution < 1.29 is 0 Å². The van der Waals surface area contributed by atoms with Crippen molar-refractivity contribution in [3.63, 3.8) is 0 Å². The topological polar surface area (TPSA) is 121 Å². The molecule has 0 saturated heterocycles. The quantitative estimate of drug-likeness (QED) is 0.542. The van der Waals surface area contributed by atoms with E-state index in [-0.39, 0.29) is 24.9 Å². The number of rotatable bonds is 4. The lowest BCUT2D eigenvalue weighted by Gasteiger charge is -2.03. The third-order valence-electron chi connectivity index (χ3n) is 2.43. The van der Waals surface area contributed by atoms with Crippen molar-refractivity contribution in [3.8, 4) is 0 Å². The average molecular weight is 282 g/mol. The molecule has 1 aromatic carbocycles. The van der Waals surface area contributed by atoms with E-state index < -0.39 is 0 Å². The molecule has 0 aliphatic heterocycles. The second-order valence-corrected chi connectivity index (χ2v) is 3.81. The highest BCUT2D eigenvalue weighted by Crippen LogP contribution is 2.11. The van der Waals surface area contributed by atoms with Crippen LogP contribution in [0, 0.1) is 0 Å². The summed E-state index contributed by atoms with van der Waals surface area (Å²) in [5, 5.41) is 7.93. The van der Waals surface area contributed by atoms with Gasteiger partial charge in [0.15, 0.2) is 5.96 Å². The largest absolute Gasteiger partial charge is 0.382 e. The molecule has 1 aromatic heterocycles. The van der Waals surface area contributed by atoms with Gasteiger partial charge in [0, 0.05) is 0 Å². The maximum atomic E-state index is 5.92. The van der Waals surface area contributed by atoms with E-state index in [0.717, 1.165) is 5.56 Å². The molecule has 8 heteroatoms. The normalized spacial score (nSPS) is 9.68. The molecule has 7 nitrogen and oxygen atoms in total. The Labute approximate surface area is 116 Å². The van der Waals surface area contributed by atoms with E-state index in [1.807, 2.05) is 30.3 Å². The molecule has 2 aromatic rings. The van der Waals surface area contributed by atoms with Gasteiger partial charge < -0.3 is 17.2 Å². The van der Waals surface area contributed by atoms with Crippen LogP contribution in [0.5, 0.6) is 0 Å². The number of anilines is 1. The molecule has 19 heavy (non-hydrogen) atoms. The van der Waals surface area contributed by atoms with Crippen molar-refractivity contribution in [2.75, 3.05) is 5.73 Å². The standard InChI is InChI=1S/C11H15N7.ClH/c12-10-9(6-15-11(13)14)16-17-18(10)7-8-4-2-1-3-5-8;/h1-5H,6-7,12H2,(H4,13,14,15);1H. The number of halogens is 1. The number of aliphatic imine (C=N–C) groups is 1. The van der Waals surface area contributed by atoms with Crippen LogP contribution in [0.25, 0.3) is 0 Å². The van der Waals surface area contributed by atoms with Crippen LogP contribution in [-0.4, -0.2) is 21.0 Å². The third-order valence-corrected chi connectivity index (χ3v) is 2.43. The van der Waals surface area contributed by atoms with E-state index in [9.17, 15) is 0 Å². The molecule has 0 aliphatic carbocycles. The van der Waals surface area contributed by atoms with Crippen LogP contribution in [0.3, 0.4) is 0 Å². The third kappa shape index (κ3) is 3.85. The molecule has 1 heterocycles. The summed E-state index contributed by atoms with van der Waals surface area (Å²) in [5.41, 5.74) is 18.1. The van der Waals surface area contributed by atoms with Gasteiger partial charge >= 0.3 is 0 Å². The van der Waals surface area contributed by atoms with Crippen LogP contribution in [0.4, 0.5) is 5.82 Å². The Kier molecular flexibility index (Phi) is 5.13. The molecular weight excluding hydrogens is 266 g/mol. The number of guanidine groups is 1. The fourth-order valence-corrected chi connectivity index (χ4v) is 1.51. The van der Waals surface area contributed by atoms with Gasteiger partial charge in [0.25, 0.3) is 0 Å². The van der Waals surface area contributed by atoms with Crippen LogP contribution in [0.2, 0.25) is 0 Å². The summed E-state index contributed by atoms with van der Waals surface area (Å²) in [6.45, 7) is 0.810. The summed E-state index contributed by atoms with van der Waals surface area (Å²) in [7, 11) is 0. The molecular formula is C11H16ClN7. The molecule has 0 atom stereocenters. The predicted molar refractivity (Wildman–Crippen MR) is 76.7 cm³/mol. The van der Waals surface area contributed by atoms with Crippen LogP contribution < -0.4 is 17.2 Å². The first kappa shape index (κ1) is 14.8. The minimum absolute atomic E-state index is 0. The lowest BCUT2D eigenvalue weighted by Crippen LogP contribution is -2.22. The molecule has 0 fully saturated rings. The van der Waals surface area contributed by atoms with E-state index >= 15 is 0 Å². The molecule has 0 saturated carbocycles. The van der Waals surface area contributed by atoms with Crippen LogP contribution in [-0.2, 0) is 13.1 Å². The van der Waals surface area contributed by atoms with Gasteiger partial charge in [-0.15, -0.1) is 17.5 Å². The van der Waals surface area contributed by atoms with Gasteiger partial charge in [-0.25, -0.2) is 9.67 Å². The minimum Gasteiger partial charge on any atom is -0.382 e. The van der Waals surface area contributed by atoms with Gasteiger partial charge in [-0.3, -0.25) is 0 Å². The van der Waals surface area contributed by atoms with Crippen molar-refractivity contribution in [3.05, 3.63) is 41.6 Å². The van der Waals surface area contributed by atoms with E-state index in [0.29, 0.717) is 18.1 Å². The zero-order chi connectivity index (χ0) is 13.0. The zero-order valence-electron chi connectivity index (χ0n) is 10.2. The number of nitrogen functional groups attached to an aromatic ring is 1. The lowest BCUT2D eigenvalue weighted by atomic mass is 10.2. The minimum atomic E-state index is 0. The van der Waals surface area contributed by atoms with Crippen LogP contribution in [0.1, 0.15) is 11.3 Å². The van der Waals surface area contributed by atoms with Gasteiger partial charge in [0.1, 0.15) is 11.5 Å². The van der Waals surface area contributed by atoms with Crippen molar-refractivity contribution >= 4 is 24.2 Å². The molecule has 0 spiro atoms. The highest BCUT2D eigenvalue weighted by molar-refractivity contribution is 5.85. The van der Waals surface area contributed by atoms with Crippen LogP contribution in [0.15, 0.2) is 35.3 Å². The summed E-state index contributed by atoms with van der Waals surface area (Å²) >= 11 is 0. The highest BCUT2D eigenvalue weighted by Gasteiger charge is 2.09. The molecule has 0 unspecified atom stereocenters. The monoisotopic (exact) mass is 281 g/mol. The molecule has 0 bridgehead atoms. The first-order chi connectivity index (χ1) is 8.66. The summed E-state index contributed by atoms with van der Waals surface area (Å²) < 4.78 is 1.62.